The van der Waals surface area contributed by atoms with Crippen LogP contribution in [-0.2, 0) is 0 Å². The molecule has 66 valence electrons. The lowest BCUT2D eigenvalue weighted by Crippen LogP contribution is -2.45. The van der Waals surface area contributed by atoms with Crippen molar-refractivity contribution in [1.82, 2.24) is 10.6 Å². The first kappa shape index (κ1) is 8.90. The van der Waals surface area contributed by atoms with Crippen LogP contribution in [0.1, 0.15) is 27.7 Å². The molecule has 0 amide bonds. The number of alkyl halides is 1. The van der Waals surface area contributed by atoms with Gasteiger partial charge in [0.25, 0.3) is 0 Å². The molecule has 1 atom stereocenters. The van der Waals surface area contributed by atoms with Gasteiger partial charge in [0.05, 0.1) is 0 Å². The minimum Gasteiger partial charge on any atom is -0.296 e. The fourth-order valence-corrected chi connectivity index (χ4v) is 1.09. The summed E-state index contributed by atoms with van der Waals surface area (Å²) in [6, 6.07) is 0. The van der Waals surface area contributed by atoms with Gasteiger partial charge in [-0.2, -0.15) is 0 Å². The maximum Gasteiger partial charge on any atom is 0.197 e. The van der Waals surface area contributed by atoms with Crippen molar-refractivity contribution >= 4 is 0 Å². The molecule has 0 aromatic heterocycles. The van der Waals surface area contributed by atoms with Crippen molar-refractivity contribution in [3.63, 3.8) is 0 Å². The fraction of sp³-hybridized carbons (Fsp3) is 1.00. The molecule has 2 N–H and O–H groups in total. The largest absolute Gasteiger partial charge is 0.296 e. The van der Waals surface area contributed by atoms with Gasteiger partial charge in [-0.15, -0.1) is 0 Å². The van der Waals surface area contributed by atoms with E-state index < -0.39 is 17.2 Å². The van der Waals surface area contributed by atoms with E-state index in [1.165, 1.54) is 0 Å². The van der Waals surface area contributed by atoms with Crippen molar-refractivity contribution in [3.05, 3.63) is 0 Å². The third-order valence-electron chi connectivity index (χ3n) is 2.82. The van der Waals surface area contributed by atoms with Gasteiger partial charge in [-0.3, -0.25) is 5.21 Å². The van der Waals surface area contributed by atoms with Crippen LogP contribution in [0.2, 0.25) is 0 Å². The maximum absolute atomic E-state index is 13.2. The van der Waals surface area contributed by atoms with E-state index in [1.807, 2.05) is 13.8 Å². The average Bonchev–Trinajstić information content (AvgIpc) is 1.93. The summed E-state index contributed by atoms with van der Waals surface area (Å²) >= 11 is 0. The summed E-state index contributed by atoms with van der Waals surface area (Å²) < 4.78 is 13.2. The third kappa shape index (κ3) is 1.06. The predicted octanol–water partition coefficient (Wildman–Crippen LogP) is 1.30. The molecule has 1 unspecified atom stereocenters. The molecule has 1 saturated heterocycles. The Kier molecular flexibility index (Phi) is 1.74. The van der Waals surface area contributed by atoms with Crippen LogP contribution in [-0.4, -0.2) is 22.2 Å². The molecule has 1 aliphatic rings. The molecule has 4 heteroatoms. The van der Waals surface area contributed by atoms with Crippen molar-refractivity contribution in [1.29, 1.82) is 0 Å². The van der Waals surface area contributed by atoms with Gasteiger partial charge in [0, 0.05) is 11.0 Å². The van der Waals surface area contributed by atoms with E-state index in [1.54, 1.807) is 13.8 Å². The van der Waals surface area contributed by atoms with E-state index in [0.29, 0.717) is 5.17 Å². The topological polar surface area (TPSA) is 35.5 Å². The summed E-state index contributed by atoms with van der Waals surface area (Å²) in [6.07, 6.45) is -1.35. The number of nitrogens with one attached hydrogen (secondary N) is 1. The highest BCUT2D eigenvalue weighted by atomic mass is 19.1. The van der Waals surface area contributed by atoms with Crippen molar-refractivity contribution in [2.45, 2.75) is 39.5 Å². The normalized spacial score (nSPS) is 36.0. The van der Waals surface area contributed by atoms with Crippen molar-refractivity contribution in [3.8, 4) is 0 Å². The van der Waals surface area contributed by atoms with E-state index in [9.17, 15) is 4.39 Å². The second-order valence-corrected chi connectivity index (χ2v) is 4.14. The molecule has 1 heterocycles. The number of hydrogen-bond donors (Lipinski definition) is 2. The minimum atomic E-state index is -1.35. The third-order valence-corrected chi connectivity index (χ3v) is 2.82. The number of nitrogens with zero attached hydrogens (tertiary/aromatic N) is 1. The van der Waals surface area contributed by atoms with Crippen LogP contribution in [0.5, 0.6) is 0 Å². The lowest BCUT2D eigenvalue weighted by atomic mass is 9.76. The second kappa shape index (κ2) is 2.15. The zero-order valence-electron chi connectivity index (χ0n) is 7.35. The summed E-state index contributed by atoms with van der Waals surface area (Å²) in [5.74, 6) is 0. The Bertz CT molecular complexity index is 170. The number of hydrazine groups is 1. The van der Waals surface area contributed by atoms with Gasteiger partial charge in [-0.25, -0.2) is 9.82 Å². The highest BCUT2D eigenvalue weighted by Gasteiger charge is 2.53. The maximum atomic E-state index is 13.2. The van der Waals surface area contributed by atoms with Crippen LogP contribution in [0.4, 0.5) is 4.39 Å². The molecule has 0 spiro atoms. The van der Waals surface area contributed by atoms with E-state index >= 15 is 0 Å². The second-order valence-electron chi connectivity index (χ2n) is 4.14. The summed E-state index contributed by atoms with van der Waals surface area (Å²) in [5.41, 5.74) is 1.65. The zero-order chi connectivity index (χ0) is 8.86. The van der Waals surface area contributed by atoms with Crippen LogP contribution < -0.4 is 5.43 Å². The predicted molar refractivity (Wildman–Crippen MR) is 39.5 cm³/mol. The first-order chi connectivity index (χ1) is 4.79. The van der Waals surface area contributed by atoms with Gasteiger partial charge in [0.2, 0.25) is 0 Å². The van der Waals surface area contributed by atoms with E-state index in [4.69, 9.17) is 5.21 Å². The average molecular weight is 162 g/mol. The molecule has 11 heavy (non-hydrogen) atoms. The molecule has 3 nitrogen and oxygen atoms in total. The molecular formula is C7H15FN2O. The van der Waals surface area contributed by atoms with Crippen LogP contribution in [0.25, 0.3) is 0 Å². The Labute approximate surface area is 66.1 Å². The minimum absolute atomic E-state index is 0.416. The quantitative estimate of drug-likeness (QED) is 0.527. The highest BCUT2D eigenvalue weighted by Crippen LogP contribution is 2.41. The molecule has 0 aromatic rings. The first-order valence-corrected chi connectivity index (χ1v) is 3.69. The first-order valence-electron chi connectivity index (χ1n) is 3.69. The Morgan fingerprint density at radius 3 is 1.91 bits per heavy atom. The van der Waals surface area contributed by atoms with E-state index in [-0.39, 0.29) is 0 Å². The number of rotatable bonds is 0. The fourth-order valence-electron chi connectivity index (χ4n) is 1.09. The van der Waals surface area contributed by atoms with Gasteiger partial charge >= 0.3 is 0 Å². The van der Waals surface area contributed by atoms with Gasteiger partial charge in [0.15, 0.2) is 6.30 Å². The standard InChI is InChI=1S/C7H15FN2O/c1-6(2)5(8)10(11)9-7(6,3)4/h5,9,11H,1-4H3. The summed E-state index contributed by atoms with van der Waals surface area (Å²) in [7, 11) is 0. The van der Waals surface area contributed by atoms with Gasteiger partial charge in [-0.1, -0.05) is 19.0 Å². The lowest BCUT2D eigenvalue weighted by molar-refractivity contribution is -0.192. The lowest BCUT2D eigenvalue weighted by Gasteiger charge is -2.32. The molecule has 1 rings (SSSR count). The van der Waals surface area contributed by atoms with E-state index in [2.05, 4.69) is 5.43 Å². The Hall–Kier alpha value is -0.190. The van der Waals surface area contributed by atoms with Crippen molar-refractivity contribution in [2.75, 3.05) is 0 Å². The molecule has 0 radical (unpaired) electrons. The van der Waals surface area contributed by atoms with Crippen LogP contribution in [0.15, 0.2) is 0 Å². The van der Waals surface area contributed by atoms with E-state index in [0.717, 1.165) is 0 Å². The van der Waals surface area contributed by atoms with Crippen LogP contribution in [0, 0.1) is 5.41 Å². The number of halogens is 1. The smallest absolute Gasteiger partial charge is 0.197 e. The number of hydroxylamine groups is 1. The summed E-state index contributed by atoms with van der Waals surface area (Å²) in [5, 5.41) is 9.56. The summed E-state index contributed by atoms with van der Waals surface area (Å²) in [6.45, 7) is 7.27. The Morgan fingerprint density at radius 2 is 1.82 bits per heavy atom. The van der Waals surface area contributed by atoms with Gasteiger partial charge in [-0.05, 0) is 13.8 Å². The molecular weight excluding hydrogens is 147 g/mol. The van der Waals surface area contributed by atoms with Gasteiger partial charge < -0.3 is 0 Å². The Balaban J connectivity index is 2.92. The molecule has 1 aliphatic heterocycles. The van der Waals surface area contributed by atoms with Crippen molar-refractivity contribution in [2.24, 2.45) is 5.41 Å². The SMILES string of the molecule is CC1(C)NN(O)C(F)C1(C)C. The molecule has 0 aromatic carbocycles. The Morgan fingerprint density at radius 1 is 1.36 bits per heavy atom. The molecule has 0 aliphatic carbocycles. The highest BCUT2D eigenvalue weighted by molar-refractivity contribution is 5.00. The van der Waals surface area contributed by atoms with Crippen molar-refractivity contribution < 1.29 is 9.60 Å². The van der Waals surface area contributed by atoms with Crippen LogP contribution >= 0.6 is 0 Å². The zero-order valence-corrected chi connectivity index (χ0v) is 7.35. The molecule has 0 saturated carbocycles. The van der Waals surface area contributed by atoms with Crippen LogP contribution in [0.3, 0.4) is 0 Å². The monoisotopic (exact) mass is 162 g/mol. The molecule has 0 bridgehead atoms. The van der Waals surface area contributed by atoms with Gasteiger partial charge in [0.1, 0.15) is 0 Å². The number of hydrogen-bond acceptors (Lipinski definition) is 3. The summed E-state index contributed by atoms with van der Waals surface area (Å²) in [4.78, 5) is 0. The molecule has 1 fully saturated rings.